The Morgan fingerprint density at radius 1 is 1.46 bits per heavy atom. The van der Waals surface area contributed by atoms with Crippen LogP contribution in [0.5, 0.6) is 5.75 Å². The van der Waals surface area contributed by atoms with Crippen molar-refractivity contribution in [2.75, 3.05) is 7.11 Å². The molecule has 0 bridgehead atoms. The summed E-state index contributed by atoms with van der Waals surface area (Å²) in [5.74, 6) is -0.578. The molecule has 1 aromatic rings. The van der Waals surface area contributed by atoms with Crippen molar-refractivity contribution >= 4 is 12.0 Å². The lowest BCUT2D eigenvalue weighted by atomic mass is 10.2. The molecule has 0 spiro atoms. The van der Waals surface area contributed by atoms with Crippen LogP contribution in [-0.2, 0) is 4.79 Å². The summed E-state index contributed by atoms with van der Waals surface area (Å²) in [6.07, 6.45) is 2.41. The molecule has 0 aliphatic rings. The third-order valence-electron chi connectivity index (χ3n) is 1.54. The van der Waals surface area contributed by atoms with E-state index in [1.165, 1.54) is 13.2 Å². The lowest BCUT2D eigenvalue weighted by Crippen LogP contribution is -2.18. The molecule has 13 heavy (non-hydrogen) atoms. The molecule has 0 amide bonds. The summed E-state index contributed by atoms with van der Waals surface area (Å²) in [5, 5.41) is 10.1. The molecule has 0 atom stereocenters. The first kappa shape index (κ1) is 9.32. The van der Waals surface area contributed by atoms with E-state index in [0.29, 0.717) is 11.3 Å². The van der Waals surface area contributed by atoms with Gasteiger partial charge in [-0.1, -0.05) is 18.2 Å². The zero-order valence-corrected chi connectivity index (χ0v) is 7.19. The van der Waals surface area contributed by atoms with Crippen LogP contribution in [0, 0.1) is 0 Å². The molecule has 0 aliphatic heterocycles. The van der Waals surface area contributed by atoms with Crippen molar-refractivity contribution in [2.24, 2.45) is 0 Å². The minimum Gasteiger partial charge on any atom is -0.545 e. The van der Waals surface area contributed by atoms with Crippen LogP contribution in [0.3, 0.4) is 0 Å². The van der Waals surface area contributed by atoms with Crippen molar-refractivity contribution in [1.82, 2.24) is 0 Å². The van der Waals surface area contributed by atoms with Crippen LogP contribution in [0.1, 0.15) is 5.56 Å². The second kappa shape index (κ2) is 4.30. The summed E-state index contributed by atoms with van der Waals surface area (Å²) in [6.45, 7) is 0. The fourth-order valence-electron chi connectivity index (χ4n) is 0.962. The van der Waals surface area contributed by atoms with Gasteiger partial charge in [-0.05, 0) is 18.2 Å². The first-order chi connectivity index (χ1) is 6.24. The van der Waals surface area contributed by atoms with E-state index in [0.717, 1.165) is 6.08 Å². The highest BCUT2D eigenvalue weighted by Crippen LogP contribution is 2.18. The highest BCUT2D eigenvalue weighted by Gasteiger charge is 1.95. The molecule has 0 aromatic heterocycles. The molecule has 1 aromatic carbocycles. The summed E-state index contributed by atoms with van der Waals surface area (Å²) in [5.41, 5.74) is 0.717. The maximum absolute atomic E-state index is 10.1. The zero-order valence-electron chi connectivity index (χ0n) is 7.19. The molecule has 0 fully saturated rings. The summed E-state index contributed by atoms with van der Waals surface area (Å²) < 4.78 is 5.01. The number of carboxylic acid groups (broad SMARTS) is 1. The average molecular weight is 177 g/mol. The monoisotopic (exact) mass is 177 g/mol. The Balaban J connectivity index is 2.93. The van der Waals surface area contributed by atoms with E-state index in [1.54, 1.807) is 18.2 Å². The van der Waals surface area contributed by atoms with Crippen molar-refractivity contribution in [3.8, 4) is 5.75 Å². The van der Waals surface area contributed by atoms with Gasteiger partial charge < -0.3 is 14.6 Å². The third-order valence-corrected chi connectivity index (χ3v) is 1.54. The summed E-state index contributed by atoms with van der Waals surface area (Å²) in [7, 11) is 1.53. The van der Waals surface area contributed by atoms with Crippen LogP contribution >= 0.6 is 0 Å². The van der Waals surface area contributed by atoms with Gasteiger partial charge in [-0.3, -0.25) is 0 Å². The van der Waals surface area contributed by atoms with Gasteiger partial charge in [0, 0.05) is 5.56 Å². The minimum absolute atomic E-state index is 0.639. The van der Waals surface area contributed by atoms with Crippen LogP contribution in [-0.4, -0.2) is 13.1 Å². The Morgan fingerprint density at radius 2 is 2.15 bits per heavy atom. The standard InChI is InChI=1S/C10H10O3/c1-13-9-5-3-2-4-8(9)6-7-10(11)12/h2-7H,1H3,(H,11,12)/p-1/b7-6-. The first-order valence-corrected chi connectivity index (χ1v) is 3.76. The number of para-hydroxylation sites is 1. The zero-order chi connectivity index (χ0) is 9.68. The van der Waals surface area contributed by atoms with Crippen LogP contribution < -0.4 is 9.84 Å². The SMILES string of the molecule is COc1ccccc1/C=C\C(=O)[O-]. The van der Waals surface area contributed by atoms with Crippen molar-refractivity contribution in [3.63, 3.8) is 0 Å². The highest BCUT2D eigenvalue weighted by atomic mass is 16.5. The number of carboxylic acids is 1. The molecular formula is C10H9O3-. The largest absolute Gasteiger partial charge is 0.545 e. The van der Waals surface area contributed by atoms with E-state index >= 15 is 0 Å². The van der Waals surface area contributed by atoms with Crippen molar-refractivity contribution < 1.29 is 14.6 Å². The molecule has 0 heterocycles. The lowest BCUT2D eigenvalue weighted by Gasteiger charge is -2.03. The predicted octanol–water partition coefficient (Wildman–Crippen LogP) is 0.458. The molecule has 0 radical (unpaired) electrons. The number of carbonyl (C=O) groups is 1. The van der Waals surface area contributed by atoms with Gasteiger partial charge in [0.1, 0.15) is 5.75 Å². The van der Waals surface area contributed by atoms with Gasteiger partial charge in [-0.2, -0.15) is 0 Å². The fraction of sp³-hybridized carbons (Fsp3) is 0.100. The molecule has 0 unspecified atom stereocenters. The first-order valence-electron chi connectivity index (χ1n) is 3.76. The molecule has 3 heteroatoms. The minimum atomic E-state index is -1.22. The molecule has 3 nitrogen and oxygen atoms in total. The number of methoxy groups -OCH3 is 1. The van der Waals surface area contributed by atoms with E-state index < -0.39 is 5.97 Å². The number of hydrogen-bond acceptors (Lipinski definition) is 3. The molecule has 0 saturated carbocycles. The van der Waals surface area contributed by atoms with E-state index in [2.05, 4.69) is 0 Å². The van der Waals surface area contributed by atoms with E-state index in [-0.39, 0.29) is 0 Å². The van der Waals surface area contributed by atoms with Crippen LogP contribution in [0.25, 0.3) is 6.08 Å². The molecular weight excluding hydrogens is 168 g/mol. The van der Waals surface area contributed by atoms with Gasteiger partial charge in [-0.25, -0.2) is 0 Å². The Kier molecular flexibility index (Phi) is 3.09. The highest BCUT2D eigenvalue weighted by molar-refractivity contribution is 5.84. The average Bonchev–Trinajstić information content (AvgIpc) is 2.15. The normalized spacial score (nSPS) is 10.2. The maximum Gasteiger partial charge on any atom is 0.126 e. The van der Waals surface area contributed by atoms with E-state index in [4.69, 9.17) is 4.74 Å². The predicted molar refractivity (Wildman–Crippen MR) is 47.0 cm³/mol. The number of hydrogen-bond donors (Lipinski definition) is 0. The second-order valence-corrected chi connectivity index (χ2v) is 2.39. The lowest BCUT2D eigenvalue weighted by molar-refractivity contribution is -0.297. The smallest absolute Gasteiger partial charge is 0.126 e. The molecule has 1 rings (SSSR count). The Labute approximate surface area is 76.3 Å². The summed E-state index contributed by atoms with van der Waals surface area (Å²) in [6, 6.07) is 7.14. The van der Waals surface area contributed by atoms with Gasteiger partial charge >= 0.3 is 0 Å². The number of aliphatic carboxylic acids is 1. The molecule has 0 saturated heterocycles. The topological polar surface area (TPSA) is 49.4 Å². The maximum atomic E-state index is 10.1. The molecule has 0 N–H and O–H groups in total. The number of carbonyl (C=O) groups excluding carboxylic acids is 1. The fourth-order valence-corrected chi connectivity index (χ4v) is 0.962. The Morgan fingerprint density at radius 3 is 2.77 bits per heavy atom. The second-order valence-electron chi connectivity index (χ2n) is 2.39. The van der Waals surface area contributed by atoms with Crippen molar-refractivity contribution in [1.29, 1.82) is 0 Å². The van der Waals surface area contributed by atoms with Gasteiger partial charge in [0.15, 0.2) is 0 Å². The quantitative estimate of drug-likeness (QED) is 0.630. The van der Waals surface area contributed by atoms with Gasteiger partial charge in [0.05, 0.1) is 13.1 Å². The molecule has 0 aliphatic carbocycles. The summed E-state index contributed by atoms with van der Waals surface area (Å²) in [4.78, 5) is 10.1. The number of benzene rings is 1. The van der Waals surface area contributed by atoms with Gasteiger partial charge in [0.25, 0.3) is 0 Å². The van der Waals surface area contributed by atoms with E-state index in [9.17, 15) is 9.90 Å². The molecule has 68 valence electrons. The van der Waals surface area contributed by atoms with E-state index in [1.807, 2.05) is 6.07 Å². The third kappa shape index (κ3) is 2.63. The van der Waals surface area contributed by atoms with Crippen LogP contribution in [0.2, 0.25) is 0 Å². The van der Waals surface area contributed by atoms with Gasteiger partial charge in [0.2, 0.25) is 0 Å². The van der Waals surface area contributed by atoms with Crippen molar-refractivity contribution in [2.45, 2.75) is 0 Å². The van der Waals surface area contributed by atoms with Crippen molar-refractivity contribution in [3.05, 3.63) is 35.9 Å². The van der Waals surface area contributed by atoms with Crippen LogP contribution in [0.15, 0.2) is 30.3 Å². The number of rotatable bonds is 3. The van der Waals surface area contributed by atoms with Crippen LogP contribution in [0.4, 0.5) is 0 Å². The Bertz CT molecular complexity index is 329. The Hall–Kier alpha value is -1.77. The van der Waals surface area contributed by atoms with Gasteiger partial charge in [-0.15, -0.1) is 0 Å². The summed E-state index contributed by atoms with van der Waals surface area (Å²) >= 11 is 0. The number of ether oxygens (including phenoxy) is 1.